The van der Waals surface area contributed by atoms with Gasteiger partial charge in [0.1, 0.15) is 5.75 Å². The van der Waals surface area contributed by atoms with Crippen LogP contribution in [0.5, 0.6) is 5.75 Å². The lowest BCUT2D eigenvalue weighted by atomic mass is 10.1. The molecule has 0 aliphatic rings. The Morgan fingerprint density at radius 2 is 1.71 bits per heavy atom. The molecule has 0 fully saturated rings. The Hall–Kier alpha value is -2.15. The summed E-state index contributed by atoms with van der Waals surface area (Å²) >= 11 is 0. The maximum atomic E-state index is 12.1. The second kappa shape index (κ2) is 8.63. The number of sulfonamides is 1. The molecule has 5 nitrogen and oxygen atoms in total. The summed E-state index contributed by atoms with van der Waals surface area (Å²) in [6, 6.07) is 16.6. The summed E-state index contributed by atoms with van der Waals surface area (Å²) in [6.45, 7) is 0.109. The molecule has 0 aliphatic heterocycles. The minimum atomic E-state index is -3.56. The molecular formula is C18H21NO4S. The number of para-hydroxylation sites is 1. The molecule has 0 aliphatic carbocycles. The van der Waals surface area contributed by atoms with Gasteiger partial charge < -0.3 is 9.47 Å². The predicted molar refractivity (Wildman–Crippen MR) is 95.1 cm³/mol. The van der Waals surface area contributed by atoms with Crippen LogP contribution in [0.4, 0.5) is 0 Å². The molecule has 0 radical (unpaired) electrons. The lowest BCUT2D eigenvalue weighted by Gasteiger charge is -2.18. The van der Waals surface area contributed by atoms with E-state index in [2.05, 4.69) is 4.72 Å². The zero-order valence-electron chi connectivity index (χ0n) is 13.7. The Morgan fingerprint density at radius 1 is 1.04 bits per heavy atom. The zero-order chi connectivity index (χ0) is 17.4. The molecule has 0 aromatic heterocycles. The van der Waals surface area contributed by atoms with Crippen molar-refractivity contribution < 1.29 is 17.9 Å². The van der Waals surface area contributed by atoms with Crippen molar-refractivity contribution in [3.63, 3.8) is 0 Å². The normalized spacial score (nSPS) is 13.1. The van der Waals surface area contributed by atoms with Crippen LogP contribution in [0, 0.1) is 0 Å². The topological polar surface area (TPSA) is 64.6 Å². The van der Waals surface area contributed by atoms with Crippen LogP contribution in [0.25, 0.3) is 6.08 Å². The van der Waals surface area contributed by atoms with Gasteiger partial charge in [0.2, 0.25) is 10.0 Å². The fourth-order valence-corrected chi connectivity index (χ4v) is 3.04. The molecule has 24 heavy (non-hydrogen) atoms. The molecule has 0 heterocycles. The Bertz CT molecular complexity index is 773. The first-order valence-corrected chi connectivity index (χ1v) is 8.99. The van der Waals surface area contributed by atoms with Gasteiger partial charge >= 0.3 is 0 Å². The molecule has 1 N–H and O–H groups in total. The van der Waals surface area contributed by atoms with Crippen LogP contribution in [0.2, 0.25) is 0 Å². The summed E-state index contributed by atoms with van der Waals surface area (Å²) in [5.74, 6) is 0.656. The standard InChI is InChI=1S/C18H21NO4S/c1-22-17-11-7-6-10-16(17)18(23-2)14-19-24(20,21)13-12-15-8-4-3-5-9-15/h3-13,18-19H,14H2,1-2H3. The number of rotatable bonds is 8. The average Bonchev–Trinajstić information content (AvgIpc) is 2.62. The smallest absolute Gasteiger partial charge is 0.233 e. The summed E-state index contributed by atoms with van der Waals surface area (Å²) in [4.78, 5) is 0. The van der Waals surface area contributed by atoms with Crippen LogP contribution in [0.1, 0.15) is 17.2 Å². The minimum Gasteiger partial charge on any atom is -0.496 e. The van der Waals surface area contributed by atoms with Crippen molar-refractivity contribution in [3.8, 4) is 5.75 Å². The lowest BCUT2D eigenvalue weighted by Crippen LogP contribution is -2.27. The van der Waals surface area contributed by atoms with Crippen molar-refractivity contribution in [2.24, 2.45) is 0 Å². The van der Waals surface area contributed by atoms with Crippen molar-refractivity contribution in [2.45, 2.75) is 6.10 Å². The monoisotopic (exact) mass is 347 g/mol. The highest BCUT2D eigenvalue weighted by Gasteiger charge is 2.17. The fraction of sp³-hybridized carbons (Fsp3) is 0.222. The minimum absolute atomic E-state index is 0.109. The van der Waals surface area contributed by atoms with Gasteiger partial charge in [0.25, 0.3) is 0 Å². The molecule has 128 valence electrons. The van der Waals surface area contributed by atoms with Crippen molar-refractivity contribution in [2.75, 3.05) is 20.8 Å². The van der Waals surface area contributed by atoms with Gasteiger partial charge in [-0.25, -0.2) is 13.1 Å². The van der Waals surface area contributed by atoms with Gasteiger partial charge in [-0.1, -0.05) is 48.5 Å². The Morgan fingerprint density at radius 3 is 2.38 bits per heavy atom. The first-order valence-electron chi connectivity index (χ1n) is 7.44. The van der Waals surface area contributed by atoms with E-state index in [0.29, 0.717) is 5.75 Å². The van der Waals surface area contributed by atoms with E-state index in [1.807, 2.05) is 54.6 Å². The highest BCUT2D eigenvalue weighted by Crippen LogP contribution is 2.26. The van der Waals surface area contributed by atoms with Crippen LogP contribution in [0.15, 0.2) is 60.0 Å². The molecule has 2 aromatic rings. The molecule has 2 rings (SSSR count). The third-order valence-electron chi connectivity index (χ3n) is 3.48. The Balaban J connectivity index is 2.05. The average molecular weight is 347 g/mol. The Labute approximate surface area is 143 Å². The number of hydrogen-bond acceptors (Lipinski definition) is 4. The van der Waals surface area contributed by atoms with Gasteiger partial charge in [0, 0.05) is 24.6 Å². The third kappa shape index (κ3) is 5.19. The van der Waals surface area contributed by atoms with E-state index in [-0.39, 0.29) is 6.54 Å². The van der Waals surface area contributed by atoms with Crippen molar-refractivity contribution in [1.82, 2.24) is 4.72 Å². The van der Waals surface area contributed by atoms with Gasteiger partial charge in [-0.2, -0.15) is 0 Å². The molecule has 6 heteroatoms. The largest absolute Gasteiger partial charge is 0.496 e. The quantitative estimate of drug-likeness (QED) is 0.797. The summed E-state index contributed by atoms with van der Waals surface area (Å²) in [6.07, 6.45) is 1.11. The second-order valence-corrected chi connectivity index (χ2v) is 6.72. The molecule has 1 unspecified atom stereocenters. The lowest BCUT2D eigenvalue weighted by molar-refractivity contribution is 0.105. The number of methoxy groups -OCH3 is 2. The van der Waals surface area contributed by atoms with E-state index in [4.69, 9.17) is 9.47 Å². The molecule has 0 saturated heterocycles. The van der Waals surface area contributed by atoms with Crippen LogP contribution < -0.4 is 9.46 Å². The van der Waals surface area contributed by atoms with E-state index in [9.17, 15) is 8.42 Å². The molecule has 2 aromatic carbocycles. The maximum absolute atomic E-state index is 12.1. The molecule has 0 saturated carbocycles. The Kier molecular flexibility index (Phi) is 6.54. The highest BCUT2D eigenvalue weighted by molar-refractivity contribution is 7.92. The molecule has 0 bridgehead atoms. The number of ether oxygens (including phenoxy) is 2. The summed E-state index contributed by atoms with van der Waals surface area (Å²) in [5, 5.41) is 1.15. The van der Waals surface area contributed by atoms with Gasteiger partial charge in [0.15, 0.2) is 0 Å². The maximum Gasteiger partial charge on any atom is 0.233 e. The summed E-state index contributed by atoms with van der Waals surface area (Å²) in [7, 11) is -0.463. The number of nitrogens with one attached hydrogen (secondary N) is 1. The third-order valence-corrected chi connectivity index (χ3v) is 4.54. The van der Waals surface area contributed by atoms with Gasteiger partial charge in [-0.3, -0.25) is 0 Å². The van der Waals surface area contributed by atoms with E-state index in [1.165, 1.54) is 7.11 Å². The zero-order valence-corrected chi connectivity index (χ0v) is 14.5. The molecule has 1 atom stereocenters. The van der Waals surface area contributed by atoms with Gasteiger partial charge in [0.05, 0.1) is 13.2 Å². The van der Waals surface area contributed by atoms with Crippen molar-refractivity contribution in [1.29, 1.82) is 0 Å². The molecule has 0 spiro atoms. The number of benzene rings is 2. The van der Waals surface area contributed by atoms with Gasteiger partial charge in [-0.15, -0.1) is 0 Å². The van der Waals surface area contributed by atoms with Gasteiger partial charge in [-0.05, 0) is 17.7 Å². The second-order valence-electron chi connectivity index (χ2n) is 5.07. The van der Waals surface area contributed by atoms with E-state index < -0.39 is 16.1 Å². The van der Waals surface area contributed by atoms with Crippen LogP contribution in [0.3, 0.4) is 0 Å². The highest BCUT2D eigenvalue weighted by atomic mass is 32.2. The first kappa shape index (κ1) is 18.2. The molecule has 0 amide bonds. The summed E-state index contributed by atoms with van der Waals surface area (Å²) in [5.41, 5.74) is 1.60. The van der Waals surface area contributed by atoms with Crippen LogP contribution in [-0.2, 0) is 14.8 Å². The SMILES string of the molecule is COc1ccccc1C(CNS(=O)(=O)C=Cc1ccccc1)OC. The first-order chi connectivity index (χ1) is 11.6. The molecular weight excluding hydrogens is 326 g/mol. The summed E-state index contributed by atoms with van der Waals surface area (Å²) < 4.78 is 37.5. The van der Waals surface area contributed by atoms with E-state index in [0.717, 1.165) is 16.5 Å². The predicted octanol–water partition coefficient (Wildman–Crippen LogP) is 2.97. The van der Waals surface area contributed by atoms with E-state index >= 15 is 0 Å². The fourth-order valence-electron chi connectivity index (χ4n) is 2.22. The van der Waals surface area contributed by atoms with Crippen molar-refractivity contribution in [3.05, 3.63) is 71.1 Å². The van der Waals surface area contributed by atoms with Crippen molar-refractivity contribution >= 4 is 16.1 Å². The van der Waals surface area contributed by atoms with Crippen LogP contribution >= 0.6 is 0 Å². The van der Waals surface area contributed by atoms with Crippen LogP contribution in [-0.4, -0.2) is 29.2 Å². The van der Waals surface area contributed by atoms with E-state index in [1.54, 1.807) is 13.2 Å². The number of hydrogen-bond donors (Lipinski definition) is 1.